The van der Waals surface area contributed by atoms with Crippen LogP contribution in [-0.4, -0.2) is 17.8 Å². The van der Waals surface area contributed by atoms with E-state index in [1.165, 1.54) is 12.1 Å². The predicted molar refractivity (Wildman–Crippen MR) is 60.4 cm³/mol. The number of aliphatic hydroxyl groups is 1. The van der Waals surface area contributed by atoms with Crippen molar-refractivity contribution in [1.29, 1.82) is 0 Å². The molecule has 2 unspecified atom stereocenters. The first-order chi connectivity index (χ1) is 7.59. The van der Waals surface area contributed by atoms with Gasteiger partial charge in [0.25, 0.3) is 0 Å². The predicted octanol–water partition coefficient (Wildman–Crippen LogP) is 3.34. The van der Waals surface area contributed by atoms with Crippen LogP contribution in [-0.2, 0) is 4.74 Å². The number of aliphatic hydroxyl groups excluding tert-OH is 1. The molecule has 1 heterocycles. The van der Waals surface area contributed by atoms with Crippen molar-refractivity contribution in [2.24, 2.45) is 0 Å². The maximum Gasteiger partial charge on any atom is 0.142 e. The van der Waals surface area contributed by atoms with Crippen LogP contribution in [0.25, 0.3) is 0 Å². The molecule has 5 heteroatoms. The topological polar surface area (TPSA) is 29.5 Å². The average molecular weight is 265 g/mol. The smallest absolute Gasteiger partial charge is 0.142 e. The summed E-state index contributed by atoms with van der Waals surface area (Å²) in [5, 5.41) is 9.88. The van der Waals surface area contributed by atoms with Gasteiger partial charge in [0.1, 0.15) is 5.82 Å². The standard InChI is InChI=1S/C11H11Cl2FO2/c12-7-1-2-8(14)11(13)10(7)9-5-6(15)3-4-16-9/h1-2,6,9,15H,3-5H2. The molecule has 2 rings (SSSR count). The lowest BCUT2D eigenvalue weighted by atomic mass is 9.99. The van der Waals surface area contributed by atoms with Crippen molar-refractivity contribution in [3.63, 3.8) is 0 Å². The van der Waals surface area contributed by atoms with Crippen LogP contribution in [0.4, 0.5) is 4.39 Å². The second-order valence-electron chi connectivity index (χ2n) is 3.79. The zero-order valence-corrected chi connectivity index (χ0v) is 9.93. The van der Waals surface area contributed by atoms with Crippen LogP contribution in [0.15, 0.2) is 12.1 Å². The lowest BCUT2D eigenvalue weighted by molar-refractivity contribution is -0.0447. The van der Waals surface area contributed by atoms with Gasteiger partial charge in [0.15, 0.2) is 0 Å². The number of halogens is 3. The number of benzene rings is 1. The molecular formula is C11H11Cl2FO2. The highest BCUT2D eigenvalue weighted by Crippen LogP contribution is 2.38. The van der Waals surface area contributed by atoms with Crippen LogP contribution in [0, 0.1) is 5.82 Å². The van der Waals surface area contributed by atoms with Crippen LogP contribution in [0.2, 0.25) is 10.0 Å². The van der Waals surface area contributed by atoms with Gasteiger partial charge in [-0.2, -0.15) is 0 Å². The molecule has 0 bridgehead atoms. The van der Waals surface area contributed by atoms with E-state index in [2.05, 4.69) is 0 Å². The van der Waals surface area contributed by atoms with Crippen molar-refractivity contribution in [1.82, 2.24) is 0 Å². The van der Waals surface area contributed by atoms with E-state index in [0.717, 1.165) is 0 Å². The van der Waals surface area contributed by atoms with Crippen molar-refractivity contribution < 1.29 is 14.2 Å². The Balaban J connectivity index is 2.35. The number of hydrogen-bond acceptors (Lipinski definition) is 2. The Hall–Kier alpha value is -0.350. The Labute approximate surface area is 103 Å². The lowest BCUT2D eigenvalue weighted by Gasteiger charge is -2.28. The summed E-state index contributed by atoms with van der Waals surface area (Å²) in [6.07, 6.45) is 0.0952. The van der Waals surface area contributed by atoms with E-state index < -0.39 is 18.0 Å². The number of hydrogen-bond donors (Lipinski definition) is 1. The molecule has 1 aliphatic heterocycles. The minimum absolute atomic E-state index is 0.0217. The first kappa shape index (κ1) is 12.1. The molecule has 1 aromatic carbocycles. The maximum absolute atomic E-state index is 13.3. The molecule has 0 aliphatic carbocycles. The van der Waals surface area contributed by atoms with Crippen LogP contribution in [0.1, 0.15) is 24.5 Å². The molecule has 1 N–H and O–H groups in total. The van der Waals surface area contributed by atoms with E-state index in [9.17, 15) is 9.50 Å². The zero-order chi connectivity index (χ0) is 11.7. The molecule has 1 aromatic rings. The third kappa shape index (κ3) is 2.33. The Morgan fingerprint density at radius 2 is 2.12 bits per heavy atom. The van der Waals surface area contributed by atoms with Crippen molar-refractivity contribution in [3.8, 4) is 0 Å². The summed E-state index contributed by atoms with van der Waals surface area (Å²) in [6.45, 7) is 0.426. The first-order valence-electron chi connectivity index (χ1n) is 5.02. The fourth-order valence-corrected chi connectivity index (χ4v) is 2.43. The molecule has 1 fully saturated rings. The van der Waals surface area contributed by atoms with E-state index in [1.54, 1.807) is 0 Å². The molecule has 0 saturated carbocycles. The summed E-state index contributed by atoms with van der Waals surface area (Å²) in [5.74, 6) is -0.523. The highest BCUT2D eigenvalue weighted by Gasteiger charge is 2.27. The summed E-state index contributed by atoms with van der Waals surface area (Å²) in [7, 11) is 0. The third-order valence-corrected chi connectivity index (χ3v) is 3.37. The van der Waals surface area contributed by atoms with Gasteiger partial charge in [-0.05, 0) is 18.6 Å². The molecular weight excluding hydrogens is 254 g/mol. The molecule has 88 valence electrons. The number of rotatable bonds is 1. The fraction of sp³-hybridized carbons (Fsp3) is 0.455. The first-order valence-corrected chi connectivity index (χ1v) is 5.78. The van der Waals surface area contributed by atoms with E-state index >= 15 is 0 Å². The highest BCUT2D eigenvalue weighted by molar-refractivity contribution is 6.36. The lowest BCUT2D eigenvalue weighted by Crippen LogP contribution is -2.24. The van der Waals surface area contributed by atoms with E-state index in [1.807, 2.05) is 0 Å². The molecule has 0 amide bonds. The van der Waals surface area contributed by atoms with Gasteiger partial charge in [-0.15, -0.1) is 0 Å². The summed E-state index contributed by atoms with van der Waals surface area (Å²) >= 11 is 11.8. The van der Waals surface area contributed by atoms with Gasteiger partial charge in [0, 0.05) is 23.6 Å². The van der Waals surface area contributed by atoms with Gasteiger partial charge < -0.3 is 9.84 Å². The van der Waals surface area contributed by atoms with Gasteiger partial charge in [-0.25, -0.2) is 4.39 Å². The monoisotopic (exact) mass is 264 g/mol. The molecule has 1 aliphatic rings. The van der Waals surface area contributed by atoms with Crippen LogP contribution in [0.3, 0.4) is 0 Å². The van der Waals surface area contributed by atoms with E-state index in [0.29, 0.717) is 30.0 Å². The van der Waals surface area contributed by atoms with E-state index in [4.69, 9.17) is 27.9 Å². The summed E-state index contributed by atoms with van der Waals surface area (Å²) in [6, 6.07) is 2.66. The molecule has 0 aromatic heterocycles. The Morgan fingerprint density at radius 3 is 2.81 bits per heavy atom. The van der Waals surface area contributed by atoms with Crippen molar-refractivity contribution in [3.05, 3.63) is 33.6 Å². The van der Waals surface area contributed by atoms with Crippen LogP contribution >= 0.6 is 23.2 Å². The van der Waals surface area contributed by atoms with Gasteiger partial charge in [-0.1, -0.05) is 23.2 Å². The Bertz CT molecular complexity index is 398. The molecule has 2 nitrogen and oxygen atoms in total. The average Bonchev–Trinajstić information content (AvgIpc) is 2.24. The zero-order valence-electron chi connectivity index (χ0n) is 8.42. The SMILES string of the molecule is OC1CCOC(c2c(Cl)ccc(F)c2Cl)C1. The van der Waals surface area contributed by atoms with Crippen LogP contribution < -0.4 is 0 Å². The summed E-state index contributed by atoms with van der Waals surface area (Å²) in [4.78, 5) is 0. The van der Waals surface area contributed by atoms with Gasteiger partial charge >= 0.3 is 0 Å². The van der Waals surface area contributed by atoms with Gasteiger partial charge in [0.2, 0.25) is 0 Å². The molecule has 0 spiro atoms. The Kier molecular flexibility index (Phi) is 3.70. The van der Waals surface area contributed by atoms with Gasteiger partial charge in [-0.3, -0.25) is 0 Å². The summed E-state index contributed by atoms with van der Waals surface area (Å²) in [5.41, 5.74) is 0.432. The second kappa shape index (κ2) is 4.88. The Morgan fingerprint density at radius 1 is 1.38 bits per heavy atom. The quantitative estimate of drug-likeness (QED) is 0.789. The highest BCUT2D eigenvalue weighted by atomic mass is 35.5. The van der Waals surface area contributed by atoms with Crippen LogP contribution in [0.5, 0.6) is 0 Å². The largest absolute Gasteiger partial charge is 0.393 e. The fourth-order valence-electron chi connectivity index (χ4n) is 1.82. The minimum atomic E-state index is -0.523. The number of ether oxygens (including phenoxy) is 1. The van der Waals surface area contributed by atoms with Crippen molar-refractivity contribution in [2.45, 2.75) is 25.0 Å². The molecule has 16 heavy (non-hydrogen) atoms. The van der Waals surface area contributed by atoms with Crippen molar-refractivity contribution >= 4 is 23.2 Å². The van der Waals surface area contributed by atoms with E-state index in [-0.39, 0.29) is 5.02 Å². The summed E-state index contributed by atoms with van der Waals surface area (Å²) < 4.78 is 18.8. The van der Waals surface area contributed by atoms with Gasteiger partial charge in [0.05, 0.1) is 17.2 Å². The minimum Gasteiger partial charge on any atom is -0.393 e. The maximum atomic E-state index is 13.3. The second-order valence-corrected chi connectivity index (χ2v) is 4.58. The van der Waals surface area contributed by atoms with Crippen molar-refractivity contribution in [2.75, 3.05) is 6.61 Å². The molecule has 1 saturated heterocycles. The molecule has 0 radical (unpaired) electrons. The normalized spacial score (nSPS) is 25.8. The third-order valence-electron chi connectivity index (χ3n) is 2.66. The molecule has 2 atom stereocenters.